The Bertz CT molecular complexity index is 279. The standard InChI is InChI=1S/C10H21O8PSe.Ba/c1-12-4-5-15-9-8(17-19(11)18-14-3)7(6-13-2)16-10(9)20;/h7-11,20H,4-6H2,1-3H3;/q;+1/p-1. The van der Waals surface area contributed by atoms with Crippen molar-refractivity contribution in [3.05, 3.63) is 0 Å². The third kappa shape index (κ3) is 7.31. The van der Waals surface area contributed by atoms with Crippen LogP contribution in [-0.2, 0) is 33.0 Å². The molecule has 1 fully saturated rings. The van der Waals surface area contributed by atoms with Gasteiger partial charge in [-0.1, -0.05) is 0 Å². The summed E-state index contributed by atoms with van der Waals surface area (Å²) in [5.74, 6) is 0. The van der Waals surface area contributed by atoms with Gasteiger partial charge in [0.25, 0.3) is 0 Å². The van der Waals surface area contributed by atoms with E-state index in [0.29, 0.717) is 69.1 Å². The van der Waals surface area contributed by atoms with Crippen LogP contribution >= 0.6 is 8.60 Å². The van der Waals surface area contributed by atoms with Crippen molar-refractivity contribution in [2.45, 2.75) is 23.3 Å². The molecule has 1 rings (SSSR count). The monoisotopic (exact) mass is 517 g/mol. The fraction of sp³-hybridized carbons (Fsp3) is 1.00. The van der Waals surface area contributed by atoms with Gasteiger partial charge in [-0.15, -0.1) is 0 Å². The molecule has 0 aromatic carbocycles. The van der Waals surface area contributed by atoms with Crippen LogP contribution in [-0.4, -0.2) is 119 Å². The zero-order valence-corrected chi connectivity index (χ0v) is 19.3. The maximum absolute atomic E-state index is 9.68. The Labute approximate surface area is 158 Å². The van der Waals surface area contributed by atoms with E-state index >= 15 is 0 Å². The molecule has 0 saturated carbocycles. The first-order chi connectivity index (χ1) is 10.2. The average molecular weight is 516 g/mol. The third-order valence-corrected chi connectivity index (χ3v) is 10.3. The number of ether oxygens (including phenoxy) is 4. The third-order valence-electron chi connectivity index (χ3n) is 2.71. The van der Waals surface area contributed by atoms with Gasteiger partial charge in [0.2, 0.25) is 0 Å². The molecule has 21 heavy (non-hydrogen) atoms. The Kier molecular flexibility index (Phi) is 12.7. The van der Waals surface area contributed by atoms with Crippen molar-refractivity contribution in [1.29, 1.82) is 0 Å². The average Bonchev–Trinajstić information content (AvgIpc) is 2.78. The number of rotatable bonds is 11. The van der Waals surface area contributed by atoms with Gasteiger partial charge in [-0.25, -0.2) is 0 Å². The molecule has 5 atom stereocenters. The Morgan fingerprint density at radius 3 is 2.52 bits per heavy atom. The second-order valence-electron chi connectivity index (χ2n) is 4.04. The zero-order valence-electron chi connectivity index (χ0n) is 12.3. The Balaban J connectivity index is 2.69. The molecular weight excluding hydrogens is 495 g/mol. The van der Waals surface area contributed by atoms with E-state index < -0.39 is 14.7 Å². The summed E-state index contributed by atoms with van der Waals surface area (Å²) in [6.45, 7) is 1.30. The summed E-state index contributed by atoms with van der Waals surface area (Å²) < 4.78 is 32.1. The van der Waals surface area contributed by atoms with Gasteiger partial charge in [-0.2, -0.15) is 0 Å². The van der Waals surface area contributed by atoms with Gasteiger partial charge in [-0.05, 0) is 0 Å². The minimum absolute atomic E-state index is 0.00813. The van der Waals surface area contributed by atoms with Gasteiger partial charge in [0.1, 0.15) is 0 Å². The van der Waals surface area contributed by atoms with Crippen molar-refractivity contribution in [1.82, 2.24) is 0 Å². The number of hydrogen-bond donors (Lipinski definition) is 1. The molecule has 0 aromatic heterocycles. The summed E-state index contributed by atoms with van der Waals surface area (Å²) >= 11 is 0.622. The number of methoxy groups -OCH3 is 2. The molecule has 121 valence electrons. The zero-order chi connectivity index (χ0) is 15.7. The van der Waals surface area contributed by atoms with Crippen LogP contribution in [0.5, 0.6) is 0 Å². The van der Waals surface area contributed by atoms with Gasteiger partial charge in [-0.3, -0.25) is 0 Å². The number of hydrogen-bond acceptors (Lipinski definition) is 8. The van der Waals surface area contributed by atoms with Gasteiger partial charge in [0, 0.05) is 0 Å². The van der Waals surface area contributed by atoms with E-state index in [0.717, 1.165) is 0 Å². The normalized spacial score (nSPS) is 30.6. The summed E-state index contributed by atoms with van der Waals surface area (Å²) in [5, 5.41) is 0.00813. The Morgan fingerprint density at radius 1 is 1.19 bits per heavy atom. The quantitative estimate of drug-likeness (QED) is 0.128. The molecule has 1 N–H and O–H groups in total. The van der Waals surface area contributed by atoms with Crippen LogP contribution in [0.25, 0.3) is 0 Å². The summed E-state index contributed by atoms with van der Waals surface area (Å²) in [6.07, 6.45) is -0.614. The molecule has 8 nitrogen and oxygen atoms in total. The molecular formula is C10H20BaO8PSe. The molecule has 0 aliphatic carbocycles. The van der Waals surface area contributed by atoms with E-state index in [1.54, 1.807) is 14.2 Å². The first-order valence-corrected chi connectivity index (χ1v) is 18.9. The van der Waals surface area contributed by atoms with Crippen LogP contribution in [0, 0.1) is 0 Å². The van der Waals surface area contributed by atoms with E-state index in [2.05, 4.69) is 9.56 Å². The molecule has 0 amide bonds. The van der Waals surface area contributed by atoms with Crippen LogP contribution in [0.2, 0.25) is 0 Å². The second kappa shape index (κ2) is 12.5. The molecule has 0 aromatic rings. The first-order valence-electron chi connectivity index (χ1n) is 6.20. The fourth-order valence-corrected chi connectivity index (χ4v) is 8.24. The van der Waals surface area contributed by atoms with E-state index in [1.807, 2.05) is 0 Å². The van der Waals surface area contributed by atoms with E-state index in [4.69, 9.17) is 23.5 Å². The van der Waals surface area contributed by atoms with Gasteiger partial charge < -0.3 is 0 Å². The van der Waals surface area contributed by atoms with Gasteiger partial charge >= 0.3 is 160 Å². The predicted molar refractivity (Wildman–Crippen MR) is 75.8 cm³/mol. The Hall–Kier alpha value is 2.20. The van der Waals surface area contributed by atoms with Crippen LogP contribution in [0.4, 0.5) is 0 Å². The van der Waals surface area contributed by atoms with Crippen molar-refractivity contribution in [3.63, 3.8) is 0 Å². The van der Waals surface area contributed by atoms with Crippen molar-refractivity contribution < 1.29 is 37.9 Å². The molecule has 1 radical (unpaired) electrons. The SMILES string of the molecule is COCCOC1C([Se][Ba])OC(COC)C1OP(O)OOC. The van der Waals surface area contributed by atoms with Crippen molar-refractivity contribution in [2.24, 2.45) is 0 Å². The molecule has 0 bridgehead atoms. The van der Waals surface area contributed by atoms with Crippen LogP contribution in [0.3, 0.4) is 0 Å². The first kappa shape index (κ1) is 21.2. The van der Waals surface area contributed by atoms with Crippen LogP contribution < -0.4 is 0 Å². The summed E-state index contributed by atoms with van der Waals surface area (Å²) in [6, 6.07) is 0. The second-order valence-corrected chi connectivity index (χ2v) is 12.0. The molecule has 1 saturated heterocycles. The summed E-state index contributed by atoms with van der Waals surface area (Å²) in [7, 11) is 2.38. The summed E-state index contributed by atoms with van der Waals surface area (Å²) in [4.78, 5) is 14.1. The predicted octanol–water partition coefficient (Wildman–Crippen LogP) is -0.641. The fourth-order valence-electron chi connectivity index (χ4n) is 1.88. The van der Waals surface area contributed by atoms with Gasteiger partial charge in [0.05, 0.1) is 0 Å². The van der Waals surface area contributed by atoms with Crippen LogP contribution in [0.15, 0.2) is 0 Å². The van der Waals surface area contributed by atoms with Crippen LogP contribution in [0.1, 0.15) is 0 Å². The molecule has 1 aliphatic heterocycles. The maximum atomic E-state index is 9.68. The molecule has 5 unspecified atom stereocenters. The van der Waals surface area contributed by atoms with E-state index in [9.17, 15) is 4.89 Å². The van der Waals surface area contributed by atoms with E-state index in [1.165, 1.54) is 7.11 Å². The minimum atomic E-state index is -2.14. The van der Waals surface area contributed by atoms with Gasteiger partial charge in [0.15, 0.2) is 0 Å². The van der Waals surface area contributed by atoms with Crippen molar-refractivity contribution in [3.8, 4) is 0 Å². The molecule has 0 spiro atoms. The Morgan fingerprint density at radius 2 is 1.95 bits per heavy atom. The van der Waals surface area contributed by atoms with Crippen molar-refractivity contribution in [2.75, 3.05) is 41.2 Å². The van der Waals surface area contributed by atoms with Crippen molar-refractivity contribution >= 4 is 57.8 Å². The molecule has 1 aliphatic rings. The summed E-state index contributed by atoms with van der Waals surface area (Å²) in [5.41, 5.74) is 0. The van der Waals surface area contributed by atoms with E-state index in [-0.39, 0.29) is 17.2 Å². The topological polar surface area (TPSA) is 84.8 Å². The molecule has 11 heteroatoms. The molecule has 1 heterocycles.